The summed E-state index contributed by atoms with van der Waals surface area (Å²) >= 11 is 11.9. The van der Waals surface area contributed by atoms with E-state index in [9.17, 15) is 4.79 Å². The number of carbonyl (C=O) groups excluding carboxylic acids is 1. The first kappa shape index (κ1) is 15.2. The first-order valence-electron chi connectivity index (χ1n) is 7.19. The van der Waals surface area contributed by atoms with Crippen molar-refractivity contribution in [3.8, 4) is 0 Å². The van der Waals surface area contributed by atoms with E-state index >= 15 is 0 Å². The van der Waals surface area contributed by atoms with Gasteiger partial charge in [0.2, 0.25) is 0 Å². The molecule has 1 heterocycles. The molecule has 1 aliphatic rings. The van der Waals surface area contributed by atoms with Crippen LogP contribution in [0.2, 0.25) is 10.0 Å². The summed E-state index contributed by atoms with van der Waals surface area (Å²) in [4.78, 5) is 14.2. The van der Waals surface area contributed by atoms with Crippen molar-refractivity contribution in [2.75, 3.05) is 18.4 Å². The Morgan fingerprint density at radius 1 is 1.09 bits per heavy atom. The van der Waals surface area contributed by atoms with Gasteiger partial charge in [0.15, 0.2) is 0 Å². The lowest BCUT2D eigenvalue weighted by Gasteiger charge is -2.18. The number of rotatable bonds is 2. The number of benzene rings is 2. The minimum atomic E-state index is -0.114. The molecule has 1 N–H and O–H groups in total. The van der Waals surface area contributed by atoms with Crippen molar-refractivity contribution in [2.45, 2.75) is 12.3 Å². The molecule has 3 rings (SSSR count). The van der Waals surface area contributed by atoms with E-state index in [4.69, 9.17) is 23.2 Å². The zero-order valence-corrected chi connectivity index (χ0v) is 13.4. The fourth-order valence-electron chi connectivity index (χ4n) is 2.77. The van der Waals surface area contributed by atoms with E-state index in [0.29, 0.717) is 21.7 Å². The predicted molar refractivity (Wildman–Crippen MR) is 90.9 cm³/mol. The Bertz CT molecular complexity index is 655. The normalized spacial score (nSPS) is 17.5. The number of nitrogens with one attached hydrogen (secondary N) is 1. The largest absolute Gasteiger partial charge is 0.324 e. The second-order valence-electron chi connectivity index (χ2n) is 5.43. The van der Waals surface area contributed by atoms with Crippen LogP contribution in [0, 0.1) is 0 Å². The lowest BCUT2D eigenvalue weighted by Crippen LogP contribution is -2.32. The van der Waals surface area contributed by atoms with E-state index in [1.54, 1.807) is 18.2 Å². The molecule has 0 bridgehead atoms. The Morgan fingerprint density at radius 2 is 1.77 bits per heavy atom. The minimum absolute atomic E-state index is 0.114. The van der Waals surface area contributed by atoms with Gasteiger partial charge in [0, 0.05) is 34.7 Å². The minimum Gasteiger partial charge on any atom is -0.324 e. The first-order chi connectivity index (χ1) is 10.6. The molecule has 1 aliphatic heterocycles. The third kappa shape index (κ3) is 3.54. The number of nitrogens with zero attached hydrogens (tertiary/aromatic N) is 1. The van der Waals surface area contributed by atoms with Crippen molar-refractivity contribution in [3.63, 3.8) is 0 Å². The van der Waals surface area contributed by atoms with Crippen molar-refractivity contribution in [3.05, 3.63) is 64.1 Å². The van der Waals surface area contributed by atoms with Crippen LogP contribution in [0.25, 0.3) is 0 Å². The van der Waals surface area contributed by atoms with Gasteiger partial charge in [0.05, 0.1) is 0 Å². The molecule has 22 heavy (non-hydrogen) atoms. The molecule has 2 amide bonds. The van der Waals surface area contributed by atoms with Gasteiger partial charge in [-0.05, 0) is 30.2 Å². The Hall–Kier alpha value is -1.71. The molecule has 1 fully saturated rings. The number of hydrogen-bond donors (Lipinski definition) is 1. The second-order valence-corrected chi connectivity index (χ2v) is 6.30. The van der Waals surface area contributed by atoms with Crippen molar-refractivity contribution in [1.82, 2.24) is 4.90 Å². The smallest absolute Gasteiger partial charge is 0.321 e. The van der Waals surface area contributed by atoms with E-state index in [-0.39, 0.29) is 6.03 Å². The summed E-state index contributed by atoms with van der Waals surface area (Å²) in [6.45, 7) is 1.48. The molecule has 2 aromatic carbocycles. The third-order valence-electron chi connectivity index (χ3n) is 3.86. The summed E-state index contributed by atoms with van der Waals surface area (Å²) in [5, 5.41) is 3.87. The van der Waals surface area contributed by atoms with Gasteiger partial charge in [-0.2, -0.15) is 0 Å². The molecule has 0 aliphatic carbocycles. The Balaban J connectivity index is 1.64. The molecule has 0 saturated carbocycles. The predicted octanol–water partition coefficient (Wildman–Crippen LogP) is 5.01. The summed E-state index contributed by atoms with van der Waals surface area (Å²) in [6.07, 6.45) is 0.980. The number of anilines is 1. The lowest BCUT2D eigenvalue weighted by atomic mass is 9.99. The fourth-order valence-corrected chi connectivity index (χ4v) is 3.30. The van der Waals surface area contributed by atoms with Gasteiger partial charge in [-0.1, -0.05) is 53.5 Å². The molecule has 114 valence electrons. The van der Waals surface area contributed by atoms with Crippen LogP contribution in [0.5, 0.6) is 0 Å². The number of likely N-dealkylation sites (tertiary alicyclic amines) is 1. The number of urea groups is 1. The van der Waals surface area contributed by atoms with Crippen molar-refractivity contribution in [1.29, 1.82) is 0 Å². The van der Waals surface area contributed by atoms with Gasteiger partial charge in [-0.25, -0.2) is 4.79 Å². The zero-order chi connectivity index (χ0) is 15.5. The van der Waals surface area contributed by atoms with Gasteiger partial charge in [0.1, 0.15) is 0 Å². The van der Waals surface area contributed by atoms with E-state index < -0.39 is 0 Å². The average Bonchev–Trinajstić information content (AvgIpc) is 2.97. The maximum absolute atomic E-state index is 12.3. The van der Waals surface area contributed by atoms with Gasteiger partial charge < -0.3 is 10.2 Å². The Morgan fingerprint density at radius 3 is 2.45 bits per heavy atom. The fraction of sp³-hybridized carbons (Fsp3) is 0.235. The zero-order valence-electron chi connectivity index (χ0n) is 11.9. The van der Waals surface area contributed by atoms with Crippen molar-refractivity contribution < 1.29 is 4.79 Å². The van der Waals surface area contributed by atoms with Crippen LogP contribution < -0.4 is 5.32 Å². The molecule has 1 unspecified atom stereocenters. The summed E-state index contributed by atoms with van der Waals surface area (Å²) in [6, 6.07) is 15.2. The highest BCUT2D eigenvalue weighted by Gasteiger charge is 2.27. The van der Waals surface area contributed by atoms with Crippen LogP contribution in [0.1, 0.15) is 17.9 Å². The molecule has 5 heteroatoms. The van der Waals surface area contributed by atoms with Crippen molar-refractivity contribution in [2.24, 2.45) is 0 Å². The molecular weight excluding hydrogens is 319 g/mol. The van der Waals surface area contributed by atoms with Gasteiger partial charge >= 0.3 is 6.03 Å². The Kier molecular flexibility index (Phi) is 4.55. The number of hydrogen-bond acceptors (Lipinski definition) is 1. The molecule has 0 aromatic heterocycles. The maximum atomic E-state index is 12.3. The van der Waals surface area contributed by atoms with Gasteiger partial charge in [-0.3, -0.25) is 0 Å². The van der Waals surface area contributed by atoms with E-state index in [0.717, 1.165) is 19.5 Å². The lowest BCUT2D eigenvalue weighted by molar-refractivity contribution is 0.222. The Labute approximate surface area is 139 Å². The SMILES string of the molecule is O=C(Nc1cc(Cl)cc(Cl)c1)N1CCC(c2ccccc2)C1. The van der Waals surface area contributed by atoms with E-state index in [1.807, 2.05) is 23.1 Å². The number of carbonyl (C=O) groups is 1. The monoisotopic (exact) mass is 334 g/mol. The highest BCUT2D eigenvalue weighted by Crippen LogP contribution is 2.28. The van der Waals surface area contributed by atoms with Crippen LogP contribution >= 0.6 is 23.2 Å². The van der Waals surface area contributed by atoms with Gasteiger partial charge in [-0.15, -0.1) is 0 Å². The van der Waals surface area contributed by atoms with Crippen LogP contribution in [-0.4, -0.2) is 24.0 Å². The molecule has 1 saturated heterocycles. The van der Waals surface area contributed by atoms with Crippen LogP contribution in [0.15, 0.2) is 48.5 Å². The van der Waals surface area contributed by atoms with Crippen LogP contribution in [-0.2, 0) is 0 Å². The summed E-state index contributed by atoms with van der Waals surface area (Å²) in [5.41, 5.74) is 1.90. The second kappa shape index (κ2) is 6.59. The van der Waals surface area contributed by atoms with Gasteiger partial charge in [0.25, 0.3) is 0 Å². The molecular formula is C17H16Cl2N2O. The maximum Gasteiger partial charge on any atom is 0.321 e. The number of amides is 2. The van der Waals surface area contributed by atoms with E-state index in [2.05, 4.69) is 17.4 Å². The third-order valence-corrected chi connectivity index (χ3v) is 4.30. The molecule has 2 aromatic rings. The average molecular weight is 335 g/mol. The topological polar surface area (TPSA) is 32.3 Å². The molecule has 0 radical (unpaired) electrons. The van der Waals surface area contributed by atoms with Crippen LogP contribution in [0.3, 0.4) is 0 Å². The highest BCUT2D eigenvalue weighted by molar-refractivity contribution is 6.35. The summed E-state index contributed by atoms with van der Waals surface area (Å²) in [5.74, 6) is 0.398. The molecule has 1 atom stereocenters. The molecule has 0 spiro atoms. The van der Waals surface area contributed by atoms with E-state index in [1.165, 1.54) is 5.56 Å². The van der Waals surface area contributed by atoms with Crippen molar-refractivity contribution >= 4 is 34.9 Å². The highest BCUT2D eigenvalue weighted by atomic mass is 35.5. The summed E-state index contributed by atoms with van der Waals surface area (Å²) < 4.78 is 0. The first-order valence-corrected chi connectivity index (χ1v) is 7.94. The number of halogens is 2. The summed E-state index contributed by atoms with van der Waals surface area (Å²) in [7, 11) is 0. The standard InChI is InChI=1S/C17H16Cl2N2O/c18-14-8-15(19)10-16(9-14)20-17(22)21-7-6-13(11-21)12-4-2-1-3-5-12/h1-5,8-10,13H,6-7,11H2,(H,20,22). The molecule has 3 nitrogen and oxygen atoms in total. The quantitative estimate of drug-likeness (QED) is 0.822. The van der Waals surface area contributed by atoms with Crippen LogP contribution in [0.4, 0.5) is 10.5 Å².